The monoisotopic (exact) mass is 590 g/mol. The van der Waals surface area contributed by atoms with E-state index in [9.17, 15) is 14.9 Å². The lowest BCUT2D eigenvalue weighted by atomic mass is 10.2. The van der Waals surface area contributed by atoms with E-state index in [1.54, 1.807) is 49.5 Å². The first kappa shape index (κ1) is 25.5. The standard InChI is InChI=1S/C24H17BrCl2N4O5/c1-14-8-16(26)3-5-22(14)36-19-11-17(10-18(12-19)31(33)34)28-24(32)21-6-7-30(29-21)13-35-23-4-2-15(25)9-20(23)27/h2-12H,13H2,1H3,(H,28,32). The van der Waals surface area contributed by atoms with Gasteiger partial charge in [0.25, 0.3) is 11.6 Å². The third-order valence-corrected chi connectivity index (χ3v) is 5.87. The summed E-state index contributed by atoms with van der Waals surface area (Å²) in [5, 5.41) is 19.2. The van der Waals surface area contributed by atoms with Crippen molar-refractivity contribution in [1.82, 2.24) is 9.78 Å². The molecule has 0 fully saturated rings. The quantitative estimate of drug-likeness (QED) is 0.171. The Balaban J connectivity index is 1.48. The molecule has 3 aromatic carbocycles. The zero-order chi connectivity index (χ0) is 25.8. The Morgan fingerprint density at radius 1 is 1.11 bits per heavy atom. The van der Waals surface area contributed by atoms with Crippen LogP contribution in [0, 0.1) is 17.0 Å². The molecule has 9 nitrogen and oxygen atoms in total. The molecule has 36 heavy (non-hydrogen) atoms. The van der Waals surface area contributed by atoms with Crippen molar-refractivity contribution < 1.29 is 19.2 Å². The number of benzene rings is 3. The molecule has 0 saturated carbocycles. The van der Waals surface area contributed by atoms with Crippen LogP contribution in [0.15, 0.2) is 71.3 Å². The van der Waals surface area contributed by atoms with Crippen LogP contribution in [-0.4, -0.2) is 20.6 Å². The lowest BCUT2D eigenvalue weighted by Gasteiger charge is -2.11. The summed E-state index contributed by atoms with van der Waals surface area (Å²) in [5.74, 6) is 0.544. The predicted molar refractivity (Wildman–Crippen MR) is 139 cm³/mol. The highest BCUT2D eigenvalue weighted by Crippen LogP contribution is 2.32. The number of nitrogens with one attached hydrogen (secondary N) is 1. The van der Waals surface area contributed by atoms with Gasteiger partial charge in [-0.05, 0) is 55.0 Å². The summed E-state index contributed by atoms with van der Waals surface area (Å²) in [6.45, 7) is 1.82. The Morgan fingerprint density at radius 3 is 2.61 bits per heavy atom. The van der Waals surface area contributed by atoms with Gasteiger partial charge < -0.3 is 14.8 Å². The van der Waals surface area contributed by atoms with Crippen molar-refractivity contribution in [2.75, 3.05) is 5.32 Å². The molecule has 0 bridgehead atoms. The van der Waals surface area contributed by atoms with Crippen molar-refractivity contribution in [3.05, 3.63) is 103 Å². The normalized spacial score (nSPS) is 10.7. The van der Waals surface area contributed by atoms with Gasteiger partial charge in [0.15, 0.2) is 12.4 Å². The van der Waals surface area contributed by atoms with Crippen LogP contribution in [0.5, 0.6) is 17.2 Å². The number of amides is 1. The zero-order valence-electron chi connectivity index (χ0n) is 18.6. The molecule has 0 atom stereocenters. The van der Waals surface area contributed by atoms with Crippen LogP contribution in [0.2, 0.25) is 10.0 Å². The number of carbonyl (C=O) groups excluding carboxylic acids is 1. The van der Waals surface area contributed by atoms with Crippen LogP contribution in [0.25, 0.3) is 0 Å². The Hall–Kier alpha value is -3.60. The van der Waals surface area contributed by atoms with E-state index in [4.69, 9.17) is 32.7 Å². The number of ether oxygens (including phenoxy) is 2. The van der Waals surface area contributed by atoms with Crippen molar-refractivity contribution in [2.24, 2.45) is 0 Å². The van der Waals surface area contributed by atoms with E-state index in [2.05, 4.69) is 26.3 Å². The third kappa shape index (κ3) is 6.34. The van der Waals surface area contributed by atoms with Crippen LogP contribution in [-0.2, 0) is 6.73 Å². The number of non-ortho nitro benzene ring substituents is 1. The highest BCUT2D eigenvalue weighted by molar-refractivity contribution is 9.10. The van der Waals surface area contributed by atoms with E-state index in [0.29, 0.717) is 21.5 Å². The summed E-state index contributed by atoms with van der Waals surface area (Å²) in [6.07, 6.45) is 1.56. The van der Waals surface area contributed by atoms with E-state index >= 15 is 0 Å². The van der Waals surface area contributed by atoms with Crippen LogP contribution in [0.1, 0.15) is 16.1 Å². The first-order valence-corrected chi connectivity index (χ1v) is 11.9. The first-order chi connectivity index (χ1) is 17.2. The minimum Gasteiger partial charge on any atom is -0.470 e. The van der Waals surface area contributed by atoms with Crippen molar-refractivity contribution in [1.29, 1.82) is 0 Å². The van der Waals surface area contributed by atoms with Crippen molar-refractivity contribution >= 4 is 56.4 Å². The molecule has 184 valence electrons. The van der Waals surface area contributed by atoms with Crippen LogP contribution >= 0.6 is 39.1 Å². The molecular weight excluding hydrogens is 575 g/mol. The van der Waals surface area contributed by atoms with E-state index < -0.39 is 10.8 Å². The number of rotatable bonds is 8. The minimum absolute atomic E-state index is 0.0177. The van der Waals surface area contributed by atoms with Gasteiger partial charge >= 0.3 is 0 Å². The number of anilines is 1. The number of carbonyl (C=O) groups is 1. The second kappa shape index (κ2) is 11.0. The fourth-order valence-corrected chi connectivity index (χ4v) is 4.11. The molecule has 0 aliphatic heterocycles. The molecule has 1 heterocycles. The van der Waals surface area contributed by atoms with E-state index in [0.717, 1.165) is 10.0 Å². The Bertz CT molecular complexity index is 1460. The summed E-state index contributed by atoms with van der Waals surface area (Å²) in [7, 11) is 0. The minimum atomic E-state index is -0.573. The van der Waals surface area contributed by atoms with Crippen molar-refractivity contribution in [3.8, 4) is 17.2 Å². The van der Waals surface area contributed by atoms with E-state index in [1.165, 1.54) is 28.9 Å². The SMILES string of the molecule is Cc1cc(Cl)ccc1Oc1cc(NC(=O)c2ccn(COc3ccc(Br)cc3Cl)n2)cc([N+](=O)[O-])c1. The number of halogens is 3. The van der Waals surface area contributed by atoms with Gasteiger partial charge in [0.1, 0.15) is 17.2 Å². The average molecular weight is 592 g/mol. The van der Waals surface area contributed by atoms with Crippen LogP contribution in [0.3, 0.4) is 0 Å². The van der Waals surface area contributed by atoms with Gasteiger partial charge in [-0.2, -0.15) is 5.10 Å². The van der Waals surface area contributed by atoms with Crippen LogP contribution < -0.4 is 14.8 Å². The Kier molecular flexibility index (Phi) is 7.78. The molecule has 0 aliphatic carbocycles. The van der Waals surface area contributed by atoms with E-state index in [1.807, 2.05) is 0 Å². The fourth-order valence-electron chi connectivity index (χ4n) is 3.15. The molecule has 0 radical (unpaired) electrons. The number of nitro groups is 1. The largest absolute Gasteiger partial charge is 0.470 e. The maximum absolute atomic E-state index is 12.8. The number of hydrogen-bond donors (Lipinski definition) is 1. The summed E-state index contributed by atoms with van der Waals surface area (Å²) in [6, 6.07) is 15.7. The average Bonchev–Trinajstić information content (AvgIpc) is 3.29. The zero-order valence-corrected chi connectivity index (χ0v) is 21.7. The molecule has 12 heteroatoms. The fraction of sp³-hybridized carbons (Fsp3) is 0.0833. The highest BCUT2D eigenvalue weighted by atomic mass is 79.9. The molecular formula is C24H17BrCl2N4O5. The molecule has 0 spiro atoms. The first-order valence-electron chi connectivity index (χ1n) is 10.3. The summed E-state index contributed by atoms with van der Waals surface area (Å²) in [4.78, 5) is 23.6. The number of aryl methyl sites for hydroxylation is 1. The molecule has 1 amide bonds. The predicted octanol–water partition coefficient (Wildman–Crippen LogP) is 7.25. The van der Waals surface area contributed by atoms with Crippen molar-refractivity contribution in [2.45, 2.75) is 13.7 Å². The van der Waals surface area contributed by atoms with Crippen LogP contribution in [0.4, 0.5) is 11.4 Å². The smallest absolute Gasteiger partial charge is 0.276 e. The highest BCUT2D eigenvalue weighted by Gasteiger charge is 2.16. The second-order valence-electron chi connectivity index (χ2n) is 7.53. The molecule has 0 aliphatic rings. The van der Waals surface area contributed by atoms with Gasteiger partial charge in [0, 0.05) is 27.8 Å². The molecule has 4 rings (SSSR count). The van der Waals surface area contributed by atoms with Gasteiger partial charge in [-0.1, -0.05) is 39.1 Å². The van der Waals surface area contributed by atoms with Gasteiger partial charge in [-0.25, -0.2) is 4.68 Å². The molecule has 4 aromatic rings. The van der Waals surface area contributed by atoms with Crippen molar-refractivity contribution in [3.63, 3.8) is 0 Å². The van der Waals surface area contributed by atoms with Gasteiger partial charge in [-0.15, -0.1) is 0 Å². The number of nitro benzene ring substituents is 1. The second-order valence-corrected chi connectivity index (χ2v) is 9.29. The van der Waals surface area contributed by atoms with Gasteiger partial charge in [0.05, 0.1) is 21.7 Å². The molecule has 0 unspecified atom stereocenters. The number of hydrogen-bond acceptors (Lipinski definition) is 6. The van der Waals surface area contributed by atoms with Gasteiger partial charge in [0.2, 0.25) is 0 Å². The summed E-state index contributed by atoms with van der Waals surface area (Å²) < 4.78 is 13.7. The molecule has 1 N–H and O–H groups in total. The molecule has 0 saturated heterocycles. The molecule has 1 aromatic heterocycles. The Morgan fingerprint density at radius 2 is 1.89 bits per heavy atom. The lowest BCUT2D eigenvalue weighted by Crippen LogP contribution is -2.14. The number of aromatic nitrogens is 2. The third-order valence-electron chi connectivity index (χ3n) is 4.84. The van der Waals surface area contributed by atoms with E-state index in [-0.39, 0.29) is 29.5 Å². The number of nitrogens with zero attached hydrogens (tertiary/aromatic N) is 3. The summed E-state index contributed by atoms with van der Waals surface area (Å²) in [5.41, 5.74) is 0.753. The van der Waals surface area contributed by atoms with Gasteiger partial charge in [-0.3, -0.25) is 14.9 Å². The Labute approximate surface area is 223 Å². The summed E-state index contributed by atoms with van der Waals surface area (Å²) >= 11 is 15.4. The maximum atomic E-state index is 12.8. The topological polar surface area (TPSA) is 109 Å². The maximum Gasteiger partial charge on any atom is 0.276 e. The lowest BCUT2D eigenvalue weighted by molar-refractivity contribution is -0.384.